The maximum Gasteiger partial charge on any atom is 0.322 e. The molecule has 1 atom stereocenters. The van der Waals surface area contributed by atoms with Crippen molar-refractivity contribution in [2.75, 3.05) is 0 Å². The summed E-state index contributed by atoms with van der Waals surface area (Å²) in [4.78, 5) is 11.5. The van der Waals surface area contributed by atoms with E-state index >= 15 is 0 Å². The number of hydrogen-bond donors (Lipinski definition) is 2. The van der Waals surface area contributed by atoms with E-state index in [0.717, 1.165) is 5.56 Å². The van der Waals surface area contributed by atoms with Crippen molar-refractivity contribution < 1.29 is 18.3 Å². The first-order valence-corrected chi connectivity index (χ1v) is 8.17. The second-order valence-electron chi connectivity index (χ2n) is 6.49. The summed E-state index contributed by atoms with van der Waals surface area (Å²) in [6.07, 6.45) is 0. The molecule has 1 aromatic rings. The fraction of sp³-hybridized carbons (Fsp3) is 0.533. The standard InChI is InChI=1S/C15H23NO4S/c1-9-7-10(2)12(11(3)8-9)21(19,20)16-13(14(17)18)15(4,5)6/h7-8,13,16H,1-6H3,(H,17,18)/t13-/m1/s1. The van der Waals surface area contributed by atoms with Gasteiger partial charge in [-0.2, -0.15) is 4.72 Å². The lowest BCUT2D eigenvalue weighted by atomic mass is 9.88. The highest BCUT2D eigenvalue weighted by molar-refractivity contribution is 7.89. The van der Waals surface area contributed by atoms with Crippen molar-refractivity contribution in [3.05, 3.63) is 28.8 Å². The molecular formula is C15H23NO4S. The second kappa shape index (κ2) is 5.77. The van der Waals surface area contributed by atoms with E-state index in [1.54, 1.807) is 46.8 Å². The fourth-order valence-electron chi connectivity index (χ4n) is 2.40. The van der Waals surface area contributed by atoms with Gasteiger partial charge in [-0.05, 0) is 37.3 Å². The van der Waals surface area contributed by atoms with Crippen molar-refractivity contribution in [1.82, 2.24) is 4.72 Å². The van der Waals surface area contributed by atoms with Crippen LogP contribution in [0.3, 0.4) is 0 Å². The molecule has 1 aromatic carbocycles. The number of benzene rings is 1. The minimum absolute atomic E-state index is 0.156. The molecule has 0 fully saturated rings. The number of carbonyl (C=O) groups is 1. The zero-order valence-corrected chi connectivity index (χ0v) is 14.1. The molecule has 0 aliphatic carbocycles. The van der Waals surface area contributed by atoms with Crippen LogP contribution in [0.5, 0.6) is 0 Å². The fourth-order valence-corrected chi connectivity index (χ4v) is 4.25. The Bertz CT molecular complexity index is 634. The molecular weight excluding hydrogens is 290 g/mol. The van der Waals surface area contributed by atoms with Gasteiger partial charge in [0.05, 0.1) is 4.90 Å². The van der Waals surface area contributed by atoms with Crippen LogP contribution in [0.2, 0.25) is 0 Å². The topological polar surface area (TPSA) is 83.5 Å². The molecule has 0 aromatic heterocycles. The van der Waals surface area contributed by atoms with Crippen molar-refractivity contribution in [1.29, 1.82) is 0 Å². The van der Waals surface area contributed by atoms with Gasteiger partial charge in [-0.3, -0.25) is 4.79 Å². The van der Waals surface area contributed by atoms with Gasteiger partial charge in [0, 0.05) is 0 Å². The molecule has 0 aliphatic heterocycles. The van der Waals surface area contributed by atoms with Gasteiger partial charge in [-0.15, -0.1) is 0 Å². The van der Waals surface area contributed by atoms with Gasteiger partial charge in [0.15, 0.2) is 0 Å². The molecule has 0 radical (unpaired) electrons. The Morgan fingerprint density at radius 3 is 1.90 bits per heavy atom. The number of sulfonamides is 1. The average molecular weight is 313 g/mol. The van der Waals surface area contributed by atoms with Gasteiger partial charge in [-0.1, -0.05) is 38.5 Å². The minimum Gasteiger partial charge on any atom is -0.480 e. The molecule has 0 saturated carbocycles. The van der Waals surface area contributed by atoms with Gasteiger partial charge >= 0.3 is 5.97 Å². The van der Waals surface area contributed by atoms with Crippen LogP contribution in [-0.4, -0.2) is 25.5 Å². The number of nitrogens with one attached hydrogen (secondary N) is 1. The van der Waals surface area contributed by atoms with Crippen molar-refractivity contribution >= 4 is 16.0 Å². The Hall–Kier alpha value is -1.40. The van der Waals surface area contributed by atoms with E-state index in [-0.39, 0.29) is 4.90 Å². The molecule has 21 heavy (non-hydrogen) atoms. The van der Waals surface area contributed by atoms with E-state index < -0.39 is 27.4 Å². The Morgan fingerprint density at radius 2 is 1.57 bits per heavy atom. The minimum atomic E-state index is -3.90. The highest BCUT2D eigenvalue weighted by Crippen LogP contribution is 2.25. The summed E-state index contributed by atoms with van der Waals surface area (Å²) in [6.45, 7) is 10.4. The van der Waals surface area contributed by atoms with Crippen molar-refractivity contribution in [2.45, 2.75) is 52.5 Å². The Kier molecular flexibility index (Phi) is 4.85. The third-order valence-corrected chi connectivity index (χ3v) is 4.99. The number of carboxylic acids is 1. The van der Waals surface area contributed by atoms with Crippen LogP contribution in [0.15, 0.2) is 17.0 Å². The first kappa shape index (κ1) is 17.7. The van der Waals surface area contributed by atoms with Crippen molar-refractivity contribution in [2.24, 2.45) is 5.41 Å². The number of rotatable bonds is 4. The molecule has 0 aliphatic rings. The molecule has 2 N–H and O–H groups in total. The monoisotopic (exact) mass is 313 g/mol. The van der Waals surface area contributed by atoms with Crippen LogP contribution in [0.4, 0.5) is 0 Å². The van der Waals surface area contributed by atoms with Crippen LogP contribution in [0.1, 0.15) is 37.5 Å². The molecule has 5 nitrogen and oxygen atoms in total. The Labute approximate surface area is 126 Å². The summed E-state index contributed by atoms with van der Waals surface area (Å²) in [7, 11) is -3.90. The van der Waals surface area contributed by atoms with Crippen LogP contribution in [0.25, 0.3) is 0 Å². The van der Waals surface area contributed by atoms with Crippen LogP contribution >= 0.6 is 0 Å². The van der Waals surface area contributed by atoms with Gasteiger partial charge in [-0.25, -0.2) is 8.42 Å². The predicted molar refractivity (Wildman–Crippen MR) is 81.9 cm³/mol. The van der Waals surface area contributed by atoms with Crippen LogP contribution < -0.4 is 4.72 Å². The first-order chi connectivity index (χ1) is 9.36. The van der Waals surface area contributed by atoms with Gasteiger partial charge in [0.25, 0.3) is 0 Å². The lowest BCUT2D eigenvalue weighted by Gasteiger charge is -2.28. The van der Waals surface area contributed by atoms with E-state index in [1.165, 1.54) is 0 Å². The predicted octanol–water partition coefficient (Wildman–Crippen LogP) is 2.39. The molecule has 0 heterocycles. The van der Waals surface area contributed by atoms with Gasteiger partial charge in [0.1, 0.15) is 6.04 Å². The molecule has 1 rings (SSSR count). The Balaban J connectivity index is 3.33. The summed E-state index contributed by atoms with van der Waals surface area (Å²) >= 11 is 0. The lowest BCUT2D eigenvalue weighted by Crippen LogP contribution is -2.49. The molecule has 118 valence electrons. The summed E-state index contributed by atoms with van der Waals surface area (Å²) in [5.41, 5.74) is 1.46. The molecule has 0 unspecified atom stereocenters. The average Bonchev–Trinajstić information content (AvgIpc) is 2.21. The zero-order valence-electron chi connectivity index (χ0n) is 13.3. The molecule has 0 bridgehead atoms. The van der Waals surface area contributed by atoms with Crippen LogP contribution in [-0.2, 0) is 14.8 Å². The maximum absolute atomic E-state index is 12.6. The largest absolute Gasteiger partial charge is 0.480 e. The quantitative estimate of drug-likeness (QED) is 0.894. The van der Waals surface area contributed by atoms with Gasteiger partial charge < -0.3 is 5.11 Å². The van der Waals surface area contributed by atoms with Crippen LogP contribution in [0, 0.1) is 26.2 Å². The summed E-state index contributed by atoms with van der Waals surface area (Å²) in [5.74, 6) is -1.19. The van der Waals surface area contributed by atoms with Gasteiger partial charge in [0.2, 0.25) is 10.0 Å². The molecule has 0 amide bonds. The summed E-state index contributed by atoms with van der Waals surface area (Å²) in [6, 6.07) is 2.35. The first-order valence-electron chi connectivity index (χ1n) is 6.69. The third-order valence-electron chi connectivity index (χ3n) is 3.26. The number of aliphatic carboxylic acids is 1. The third kappa shape index (κ3) is 4.04. The lowest BCUT2D eigenvalue weighted by molar-refractivity contribution is -0.141. The second-order valence-corrected chi connectivity index (χ2v) is 8.14. The molecule has 6 heteroatoms. The highest BCUT2D eigenvalue weighted by atomic mass is 32.2. The normalized spacial score (nSPS) is 14.0. The van der Waals surface area contributed by atoms with E-state index in [9.17, 15) is 18.3 Å². The van der Waals surface area contributed by atoms with Crippen molar-refractivity contribution in [3.8, 4) is 0 Å². The maximum atomic E-state index is 12.6. The van der Waals surface area contributed by atoms with E-state index in [2.05, 4.69) is 4.72 Å². The SMILES string of the molecule is Cc1cc(C)c(S(=O)(=O)N[C@H](C(=O)O)C(C)(C)C)c(C)c1. The molecule has 0 spiro atoms. The number of aryl methyl sites for hydroxylation is 3. The van der Waals surface area contributed by atoms with E-state index in [4.69, 9.17) is 0 Å². The number of carboxylic acid groups (broad SMARTS) is 1. The summed E-state index contributed by atoms with van der Waals surface area (Å²) in [5, 5.41) is 9.27. The highest BCUT2D eigenvalue weighted by Gasteiger charge is 2.36. The number of hydrogen-bond acceptors (Lipinski definition) is 3. The molecule has 0 saturated heterocycles. The van der Waals surface area contributed by atoms with E-state index in [0.29, 0.717) is 11.1 Å². The smallest absolute Gasteiger partial charge is 0.322 e. The zero-order chi connectivity index (χ0) is 16.6. The summed E-state index contributed by atoms with van der Waals surface area (Å²) < 4.78 is 27.5. The van der Waals surface area contributed by atoms with Crippen molar-refractivity contribution in [3.63, 3.8) is 0 Å². The Morgan fingerprint density at radius 1 is 1.14 bits per heavy atom. The van der Waals surface area contributed by atoms with E-state index in [1.807, 2.05) is 6.92 Å².